The fraction of sp³-hybridized carbons (Fsp3) is 0.520. The SMILES string of the molecule is CC1(C)CCC2(CC1)C[C@@H](C(=O)N[C@H]1CC[C@H](CN3CCC(C#Cc4ccn5c(N6CCC(=O)NC6=O)cnc5c4)CC3)CC1)[C@H](c1ccnc(Cl)c1F)[C@]21C(=O)Nc2cc(Cl)ccc21. The first-order valence-corrected chi connectivity index (χ1v) is 24.0. The van der Waals surface area contributed by atoms with Gasteiger partial charge in [0.25, 0.3) is 0 Å². The number of imidazole rings is 1. The van der Waals surface area contributed by atoms with E-state index in [0.717, 1.165) is 95.0 Å². The van der Waals surface area contributed by atoms with Crippen molar-refractivity contribution in [3.8, 4) is 11.8 Å². The van der Waals surface area contributed by atoms with Crippen molar-refractivity contribution >= 4 is 64.1 Å². The van der Waals surface area contributed by atoms with Crippen molar-refractivity contribution in [3.63, 3.8) is 0 Å². The van der Waals surface area contributed by atoms with E-state index in [4.69, 9.17) is 23.2 Å². The molecule has 10 rings (SSSR count). The highest BCUT2D eigenvalue weighted by Crippen LogP contribution is 2.72. The second kappa shape index (κ2) is 17.0. The molecule has 5 fully saturated rings. The zero-order chi connectivity index (χ0) is 45.3. The summed E-state index contributed by atoms with van der Waals surface area (Å²) in [6.45, 7) is 7.83. The lowest BCUT2D eigenvalue weighted by Gasteiger charge is -2.50. The van der Waals surface area contributed by atoms with E-state index in [-0.39, 0.29) is 46.3 Å². The largest absolute Gasteiger partial charge is 0.353 e. The molecule has 65 heavy (non-hydrogen) atoms. The molecule has 3 atom stereocenters. The minimum Gasteiger partial charge on any atom is -0.353 e. The first-order chi connectivity index (χ1) is 31.2. The predicted molar refractivity (Wildman–Crippen MR) is 247 cm³/mol. The van der Waals surface area contributed by atoms with Gasteiger partial charge in [0.2, 0.25) is 17.7 Å². The van der Waals surface area contributed by atoms with Crippen LogP contribution in [0.4, 0.5) is 20.7 Å². The van der Waals surface area contributed by atoms with Gasteiger partial charge < -0.3 is 15.5 Å². The number of likely N-dealkylation sites (tertiary alicyclic amines) is 1. The van der Waals surface area contributed by atoms with Gasteiger partial charge >= 0.3 is 6.03 Å². The molecule has 340 valence electrons. The average Bonchev–Trinajstić information content (AvgIpc) is 3.93. The molecule has 4 aromatic rings. The van der Waals surface area contributed by atoms with Crippen LogP contribution in [0.3, 0.4) is 0 Å². The number of pyridine rings is 2. The van der Waals surface area contributed by atoms with Gasteiger partial charge in [0.15, 0.2) is 11.0 Å². The lowest BCUT2D eigenvalue weighted by Crippen LogP contribution is -2.52. The molecule has 1 aromatic carbocycles. The Balaban J connectivity index is 0.782. The summed E-state index contributed by atoms with van der Waals surface area (Å²) in [5.74, 6) is 5.57. The van der Waals surface area contributed by atoms with Crippen molar-refractivity contribution in [1.82, 2.24) is 29.9 Å². The summed E-state index contributed by atoms with van der Waals surface area (Å²) < 4.78 is 18.2. The van der Waals surface area contributed by atoms with Crippen LogP contribution in [-0.4, -0.2) is 75.2 Å². The van der Waals surface area contributed by atoms with Gasteiger partial charge in [-0.2, -0.15) is 0 Å². The maximum absolute atomic E-state index is 16.4. The Kier molecular flexibility index (Phi) is 11.5. The summed E-state index contributed by atoms with van der Waals surface area (Å²) in [5, 5.41) is 9.20. The van der Waals surface area contributed by atoms with Crippen molar-refractivity contribution in [3.05, 3.63) is 87.7 Å². The molecule has 0 radical (unpaired) electrons. The molecule has 0 unspecified atom stereocenters. The highest BCUT2D eigenvalue weighted by Gasteiger charge is 2.72. The van der Waals surface area contributed by atoms with E-state index in [1.54, 1.807) is 24.4 Å². The lowest BCUT2D eigenvalue weighted by molar-refractivity contribution is -0.128. The van der Waals surface area contributed by atoms with Crippen LogP contribution in [0.2, 0.25) is 10.2 Å². The molecule has 3 N–H and O–H groups in total. The number of benzene rings is 1. The quantitative estimate of drug-likeness (QED) is 0.130. The van der Waals surface area contributed by atoms with Crippen molar-refractivity contribution in [2.75, 3.05) is 36.4 Å². The number of imide groups is 1. The number of carbonyl (C=O) groups excluding carboxylic acids is 4. The molecule has 5 amide bonds. The summed E-state index contributed by atoms with van der Waals surface area (Å²) in [7, 11) is 0. The van der Waals surface area contributed by atoms with E-state index in [0.29, 0.717) is 47.0 Å². The first-order valence-electron chi connectivity index (χ1n) is 23.3. The van der Waals surface area contributed by atoms with Crippen LogP contribution in [-0.2, 0) is 19.8 Å². The number of urea groups is 1. The summed E-state index contributed by atoms with van der Waals surface area (Å²) >= 11 is 12.9. The Bertz CT molecular complexity index is 2630. The number of anilines is 2. The number of nitrogens with zero attached hydrogens (tertiary/aromatic N) is 5. The van der Waals surface area contributed by atoms with Crippen LogP contribution in [0.15, 0.2) is 55.0 Å². The number of hydrogen-bond acceptors (Lipinski definition) is 7. The molecule has 0 bridgehead atoms. The molecular weight excluding hydrogens is 867 g/mol. The Morgan fingerprint density at radius 1 is 0.938 bits per heavy atom. The van der Waals surface area contributed by atoms with Crippen molar-refractivity contribution < 1.29 is 23.6 Å². The molecule has 3 aromatic heterocycles. The highest BCUT2D eigenvalue weighted by atomic mass is 35.5. The van der Waals surface area contributed by atoms with E-state index in [2.05, 4.69) is 56.5 Å². The standard InChI is InChI=1S/C50H55Cl2FN8O4/c1-48(2)16-18-49(19-17-48)27-36(42(35-11-20-54-44(52)43(35)53)50(49)37-10-7-33(51)26-38(37)57-46(50)64)45(63)56-34-8-5-32(6-9-34)29-59-21-12-30(13-22-59)3-4-31-14-23-60-39(25-31)55-28-41(60)61-24-15-40(62)58-47(61)65/h7,10-11,14,20,23,25-26,28,30,32,34,36,42H,5-6,8-9,12-13,15-19,21-22,24,27,29H2,1-2H3,(H,56,63)(H,57,64)(H,58,62,65)/t32-,34-,36-,42+,50-/m1/s1. The third kappa shape index (κ3) is 7.87. The van der Waals surface area contributed by atoms with Gasteiger partial charge in [0.05, 0.1) is 11.6 Å². The zero-order valence-corrected chi connectivity index (χ0v) is 38.4. The second-order valence-corrected chi connectivity index (χ2v) is 21.1. The number of carbonyl (C=O) groups is 4. The number of hydrogen-bond donors (Lipinski definition) is 3. The molecule has 2 spiro atoms. The van der Waals surface area contributed by atoms with E-state index in [1.807, 2.05) is 28.8 Å². The van der Waals surface area contributed by atoms with Crippen LogP contribution < -0.4 is 20.9 Å². The number of piperidine rings is 1. The molecule has 3 aliphatic carbocycles. The molecule has 3 saturated carbocycles. The lowest BCUT2D eigenvalue weighted by atomic mass is 9.51. The molecule has 15 heteroatoms. The van der Waals surface area contributed by atoms with Crippen molar-refractivity contribution in [2.24, 2.45) is 28.6 Å². The maximum atomic E-state index is 16.4. The Labute approximate surface area is 388 Å². The van der Waals surface area contributed by atoms with Crippen LogP contribution in [0, 0.1) is 46.2 Å². The molecule has 12 nitrogen and oxygen atoms in total. The molecule has 6 heterocycles. The van der Waals surface area contributed by atoms with Gasteiger partial charge in [-0.15, -0.1) is 0 Å². The van der Waals surface area contributed by atoms with Gasteiger partial charge in [-0.1, -0.05) is 55.0 Å². The monoisotopic (exact) mass is 920 g/mol. The van der Waals surface area contributed by atoms with Crippen molar-refractivity contribution in [2.45, 2.75) is 108 Å². The van der Waals surface area contributed by atoms with E-state index >= 15 is 4.39 Å². The number of aromatic nitrogens is 3. The smallest absolute Gasteiger partial charge is 0.329 e. The summed E-state index contributed by atoms with van der Waals surface area (Å²) in [4.78, 5) is 66.4. The third-order valence-electron chi connectivity index (χ3n) is 16.0. The number of nitrogens with one attached hydrogen (secondary N) is 3. The zero-order valence-electron chi connectivity index (χ0n) is 36.9. The highest BCUT2D eigenvalue weighted by molar-refractivity contribution is 6.31. The van der Waals surface area contributed by atoms with Gasteiger partial charge in [-0.05, 0) is 142 Å². The van der Waals surface area contributed by atoms with Crippen LogP contribution >= 0.6 is 23.2 Å². The molecule has 2 saturated heterocycles. The van der Waals surface area contributed by atoms with E-state index in [9.17, 15) is 19.2 Å². The minimum absolute atomic E-state index is 0.00435. The number of halogens is 3. The van der Waals surface area contributed by atoms with Gasteiger partial charge in [0.1, 0.15) is 11.5 Å². The number of rotatable bonds is 6. The second-order valence-electron chi connectivity index (χ2n) is 20.3. The van der Waals surface area contributed by atoms with Crippen molar-refractivity contribution in [1.29, 1.82) is 0 Å². The number of fused-ring (bicyclic) bond motifs is 4. The van der Waals surface area contributed by atoms with Crippen LogP contribution in [0.1, 0.15) is 114 Å². The van der Waals surface area contributed by atoms with Gasteiger partial charge in [-0.3, -0.25) is 29.0 Å². The predicted octanol–water partition coefficient (Wildman–Crippen LogP) is 8.64. The average molecular weight is 922 g/mol. The summed E-state index contributed by atoms with van der Waals surface area (Å²) in [5.41, 5.74) is 1.52. The Hall–Kier alpha value is -5.03. The normalized spacial score (nSPS) is 27.6. The van der Waals surface area contributed by atoms with E-state index < -0.39 is 34.5 Å². The molecule has 6 aliphatic rings. The fourth-order valence-corrected chi connectivity index (χ4v) is 12.8. The van der Waals surface area contributed by atoms with Gasteiger partial charge in [-0.25, -0.2) is 19.2 Å². The third-order valence-corrected chi connectivity index (χ3v) is 16.5. The Morgan fingerprint density at radius 2 is 1.71 bits per heavy atom. The van der Waals surface area contributed by atoms with Gasteiger partial charge in [0, 0.05) is 72.0 Å². The molecule has 3 aliphatic heterocycles. The van der Waals surface area contributed by atoms with Crippen LogP contribution in [0.25, 0.3) is 5.65 Å². The van der Waals surface area contributed by atoms with Crippen LogP contribution in [0.5, 0.6) is 0 Å². The van der Waals surface area contributed by atoms with E-state index in [1.165, 1.54) is 11.1 Å². The maximum Gasteiger partial charge on any atom is 0.329 e. The Morgan fingerprint density at radius 3 is 2.46 bits per heavy atom. The molecular formula is C50H55Cl2FN8O4. The fourth-order valence-electron chi connectivity index (χ4n) is 12.5. The summed E-state index contributed by atoms with van der Waals surface area (Å²) in [6, 6.07) is 10.5. The summed E-state index contributed by atoms with van der Waals surface area (Å²) in [6.07, 6.45) is 14.7. The first kappa shape index (κ1) is 43.8. The number of amides is 5. The minimum atomic E-state index is -1.20. The topological polar surface area (TPSA) is 141 Å².